The van der Waals surface area contributed by atoms with Crippen LogP contribution in [0.3, 0.4) is 0 Å². The van der Waals surface area contributed by atoms with Gasteiger partial charge in [0.2, 0.25) is 0 Å². The first kappa shape index (κ1) is 13.4. The van der Waals surface area contributed by atoms with E-state index >= 15 is 0 Å². The number of carbonyl (C=O) groups is 1. The van der Waals surface area contributed by atoms with E-state index in [1.807, 2.05) is 12.3 Å². The van der Waals surface area contributed by atoms with Crippen molar-refractivity contribution in [2.75, 3.05) is 0 Å². The van der Waals surface area contributed by atoms with Gasteiger partial charge in [-0.25, -0.2) is 14.8 Å². The Labute approximate surface area is 122 Å². The van der Waals surface area contributed by atoms with E-state index in [1.165, 1.54) is 40.4 Å². The summed E-state index contributed by atoms with van der Waals surface area (Å²) < 4.78 is 6.59. The lowest BCUT2D eigenvalue weighted by Gasteiger charge is -2.04. The number of aryl methyl sites for hydroxylation is 1. The van der Waals surface area contributed by atoms with Crippen LogP contribution in [0.5, 0.6) is 0 Å². The maximum Gasteiger partial charge on any atom is 0.358 e. The van der Waals surface area contributed by atoms with Crippen LogP contribution in [0.1, 0.15) is 21.9 Å². The third-order valence-corrected chi connectivity index (χ3v) is 3.70. The molecule has 7 nitrogen and oxygen atoms in total. The summed E-state index contributed by atoms with van der Waals surface area (Å²) in [5, 5.41) is 1.85. The first-order valence-corrected chi connectivity index (χ1v) is 6.93. The quantitative estimate of drug-likeness (QED) is 0.676. The number of thiazole rings is 1. The number of hydrogen-bond donors (Lipinski definition) is 0. The van der Waals surface area contributed by atoms with E-state index < -0.39 is 5.97 Å². The summed E-state index contributed by atoms with van der Waals surface area (Å²) in [5.74, 6) is -0.604. The third-order valence-electron chi connectivity index (χ3n) is 2.75. The summed E-state index contributed by atoms with van der Waals surface area (Å²) in [6, 6.07) is 1.36. The lowest BCUT2D eigenvalue weighted by Crippen LogP contribution is -2.16. The van der Waals surface area contributed by atoms with Gasteiger partial charge in [0.15, 0.2) is 10.7 Å². The highest BCUT2D eigenvalue weighted by atomic mass is 32.1. The molecule has 0 aliphatic carbocycles. The number of carbonyl (C=O) groups excluding carboxylic acids is 1. The molecule has 0 bridgehead atoms. The summed E-state index contributed by atoms with van der Waals surface area (Å²) in [5.41, 5.74) is 1.15. The average molecular weight is 302 g/mol. The standard InChI is InChI=1S/C13H10N4O3S/c1-8-7-21-13-16-9(4-11(18)17(8)13)6-20-12(19)10-5-14-2-3-15-10/h2-5,7H,6H2,1H3. The zero-order chi connectivity index (χ0) is 14.8. The molecule has 0 fully saturated rings. The predicted molar refractivity (Wildman–Crippen MR) is 75.2 cm³/mol. The second kappa shape index (κ2) is 5.41. The highest BCUT2D eigenvalue weighted by Crippen LogP contribution is 2.12. The molecule has 0 N–H and O–H groups in total. The summed E-state index contributed by atoms with van der Waals surface area (Å²) in [6.07, 6.45) is 4.19. The molecule has 0 atom stereocenters. The van der Waals surface area contributed by atoms with E-state index in [4.69, 9.17) is 4.74 Å². The Kier molecular flexibility index (Phi) is 3.44. The van der Waals surface area contributed by atoms with E-state index in [1.54, 1.807) is 0 Å². The Morgan fingerprint density at radius 1 is 1.43 bits per heavy atom. The Balaban J connectivity index is 1.80. The first-order chi connectivity index (χ1) is 10.1. The smallest absolute Gasteiger partial charge is 0.358 e. The van der Waals surface area contributed by atoms with Gasteiger partial charge in [-0.15, -0.1) is 11.3 Å². The summed E-state index contributed by atoms with van der Waals surface area (Å²) >= 11 is 1.36. The normalized spacial score (nSPS) is 10.7. The number of hydrogen-bond acceptors (Lipinski definition) is 7. The summed E-state index contributed by atoms with van der Waals surface area (Å²) in [4.78, 5) is 36.2. The second-order valence-electron chi connectivity index (χ2n) is 4.25. The lowest BCUT2D eigenvalue weighted by atomic mass is 10.4. The van der Waals surface area contributed by atoms with Gasteiger partial charge in [0, 0.05) is 29.5 Å². The van der Waals surface area contributed by atoms with Gasteiger partial charge in [0.25, 0.3) is 5.56 Å². The topological polar surface area (TPSA) is 86.4 Å². The molecule has 106 valence electrons. The molecule has 3 aromatic heterocycles. The molecule has 0 aliphatic rings. The van der Waals surface area contributed by atoms with Crippen LogP contribution in [0.25, 0.3) is 4.96 Å². The fourth-order valence-corrected chi connectivity index (χ4v) is 2.68. The van der Waals surface area contributed by atoms with Gasteiger partial charge in [-0.3, -0.25) is 14.2 Å². The van der Waals surface area contributed by atoms with Crippen LogP contribution in [-0.2, 0) is 11.3 Å². The minimum absolute atomic E-state index is 0.0852. The lowest BCUT2D eigenvalue weighted by molar-refractivity contribution is 0.0460. The van der Waals surface area contributed by atoms with Crippen molar-refractivity contribution in [1.29, 1.82) is 0 Å². The Bertz CT molecular complexity index is 857. The number of fused-ring (bicyclic) bond motifs is 1. The van der Waals surface area contributed by atoms with Crippen molar-refractivity contribution in [2.24, 2.45) is 0 Å². The van der Waals surface area contributed by atoms with Crippen molar-refractivity contribution in [3.63, 3.8) is 0 Å². The van der Waals surface area contributed by atoms with Gasteiger partial charge >= 0.3 is 5.97 Å². The van der Waals surface area contributed by atoms with E-state index in [9.17, 15) is 9.59 Å². The molecule has 3 heterocycles. The van der Waals surface area contributed by atoms with Crippen molar-refractivity contribution >= 4 is 22.3 Å². The summed E-state index contributed by atoms with van der Waals surface area (Å²) in [6.45, 7) is 1.75. The minimum atomic E-state index is -0.604. The fraction of sp³-hybridized carbons (Fsp3) is 0.154. The molecular formula is C13H10N4O3S. The molecule has 0 saturated heterocycles. The van der Waals surface area contributed by atoms with E-state index in [0.717, 1.165) is 5.69 Å². The maximum atomic E-state index is 12.0. The Morgan fingerprint density at radius 3 is 3.05 bits per heavy atom. The van der Waals surface area contributed by atoms with Crippen molar-refractivity contribution in [2.45, 2.75) is 13.5 Å². The van der Waals surface area contributed by atoms with Gasteiger partial charge in [-0.05, 0) is 6.92 Å². The molecule has 21 heavy (non-hydrogen) atoms. The number of ether oxygens (including phenoxy) is 1. The van der Waals surface area contributed by atoms with E-state index in [0.29, 0.717) is 10.7 Å². The minimum Gasteiger partial charge on any atom is -0.454 e. The van der Waals surface area contributed by atoms with Crippen molar-refractivity contribution < 1.29 is 9.53 Å². The van der Waals surface area contributed by atoms with Crippen molar-refractivity contribution in [3.05, 3.63) is 57.5 Å². The van der Waals surface area contributed by atoms with Gasteiger partial charge in [-0.2, -0.15) is 0 Å². The van der Waals surface area contributed by atoms with Gasteiger partial charge in [-0.1, -0.05) is 0 Å². The van der Waals surface area contributed by atoms with Gasteiger partial charge < -0.3 is 4.74 Å². The van der Waals surface area contributed by atoms with Crippen LogP contribution in [-0.4, -0.2) is 25.3 Å². The SMILES string of the molecule is Cc1csc2nc(COC(=O)c3cnccn3)cc(=O)n12. The molecule has 0 aliphatic heterocycles. The fourth-order valence-electron chi connectivity index (χ4n) is 1.79. The first-order valence-electron chi connectivity index (χ1n) is 6.05. The van der Waals surface area contributed by atoms with Crippen LogP contribution in [0.15, 0.2) is 34.8 Å². The molecule has 0 aromatic carbocycles. The molecule has 0 radical (unpaired) electrons. The van der Waals surface area contributed by atoms with Crippen LogP contribution in [0, 0.1) is 6.92 Å². The third kappa shape index (κ3) is 2.65. The molecular weight excluding hydrogens is 292 g/mol. The van der Waals surface area contributed by atoms with Crippen LogP contribution >= 0.6 is 11.3 Å². The van der Waals surface area contributed by atoms with Crippen LogP contribution in [0.4, 0.5) is 0 Å². The molecule has 0 amide bonds. The Hall–Kier alpha value is -2.61. The molecule has 0 unspecified atom stereocenters. The number of esters is 1. The van der Waals surface area contributed by atoms with E-state index in [-0.39, 0.29) is 17.9 Å². The zero-order valence-corrected chi connectivity index (χ0v) is 11.8. The van der Waals surface area contributed by atoms with Crippen LogP contribution in [0.2, 0.25) is 0 Å². The van der Waals surface area contributed by atoms with Crippen LogP contribution < -0.4 is 5.56 Å². The molecule has 0 saturated carbocycles. The molecule has 8 heteroatoms. The molecule has 3 rings (SSSR count). The molecule has 0 spiro atoms. The van der Waals surface area contributed by atoms with Crippen molar-refractivity contribution in [3.8, 4) is 0 Å². The van der Waals surface area contributed by atoms with E-state index in [2.05, 4.69) is 15.0 Å². The zero-order valence-electron chi connectivity index (χ0n) is 11.0. The maximum absolute atomic E-state index is 12.0. The number of nitrogens with zero attached hydrogens (tertiary/aromatic N) is 4. The summed E-state index contributed by atoms with van der Waals surface area (Å²) in [7, 11) is 0. The Morgan fingerprint density at radius 2 is 2.29 bits per heavy atom. The highest BCUT2D eigenvalue weighted by Gasteiger charge is 2.11. The number of rotatable bonds is 3. The van der Waals surface area contributed by atoms with Gasteiger partial charge in [0.1, 0.15) is 6.61 Å². The predicted octanol–water partition coefficient (Wildman–Crippen LogP) is 1.21. The largest absolute Gasteiger partial charge is 0.454 e. The monoisotopic (exact) mass is 302 g/mol. The molecule has 3 aromatic rings. The number of aromatic nitrogens is 4. The van der Waals surface area contributed by atoms with Gasteiger partial charge in [0.05, 0.1) is 11.9 Å². The second-order valence-corrected chi connectivity index (χ2v) is 5.08. The van der Waals surface area contributed by atoms with Crippen molar-refractivity contribution in [1.82, 2.24) is 19.4 Å². The average Bonchev–Trinajstić information content (AvgIpc) is 2.87. The highest BCUT2D eigenvalue weighted by molar-refractivity contribution is 7.15.